The van der Waals surface area contributed by atoms with Crippen molar-refractivity contribution in [1.82, 2.24) is 14.5 Å². The van der Waals surface area contributed by atoms with Crippen LogP contribution >= 0.6 is 15.9 Å². The summed E-state index contributed by atoms with van der Waals surface area (Å²) in [5.74, 6) is 0. The van der Waals surface area contributed by atoms with Crippen molar-refractivity contribution in [2.75, 3.05) is 11.2 Å². The number of nitrogens with zero attached hydrogens (tertiary/aromatic N) is 2. The van der Waals surface area contributed by atoms with Crippen LogP contribution in [0.4, 0.5) is 0 Å². The van der Waals surface area contributed by atoms with E-state index in [4.69, 9.17) is 0 Å². The molecule has 1 heterocycles. The van der Waals surface area contributed by atoms with Gasteiger partial charge in [0.1, 0.15) is 4.66 Å². The normalized spacial score (nSPS) is 11.8. The first kappa shape index (κ1) is 10.7. The van der Waals surface area contributed by atoms with Crippen LogP contribution in [0, 0.1) is 0 Å². The molecule has 0 saturated heterocycles. The van der Waals surface area contributed by atoms with Gasteiger partial charge in [-0.3, -0.25) is 4.68 Å². The molecule has 0 fully saturated rings. The first-order valence-corrected chi connectivity index (χ1v) is 6.42. The average Bonchev–Trinajstić information content (AvgIpc) is 2.57. The number of aromatic nitrogens is 2. The Morgan fingerprint density at radius 2 is 2.31 bits per heavy atom. The lowest BCUT2D eigenvalue weighted by Gasteiger charge is -2.03. The standard InChI is InChI=1S/C6H10BrN3O2S/c7-6-13(11,12)9-3-5-10-4-1-2-8-10/h1-2,4,9H,3,5-6H2. The van der Waals surface area contributed by atoms with E-state index in [1.54, 1.807) is 23.1 Å². The number of sulfonamides is 1. The van der Waals surface area contributed by atoms with Crippen molar-refractivity contribution >= 4 is 26.0 Å². The molecule has 0 atom stereocenters. The molecule has 1 aromatic heterocycles. The van der Waals surface area contributed by atoms with E-state index >= 15 is 0 Å². The average molecular weight is 268 g/mol. The van der Waals surface area contributed by atoms with Gasteiger partial charge in [0.2, 0.25) is 10.0 Å². The molecular weight excluding hydrogens is 258 g/mol. The van der Waals surface area contributed by atoms with Crippen molar-refractivity contribution in [3.8, 4) is 0 Å². The largest absolute Gasteiger partial charge is 0.271 e. The lowest BCUT2D eigenvalue weighted by Crippen LogP contribution is -2.28. The van der Waals surface area contributed by atoms with E-state index in [1.165, 1.54) is 0 Å². The summed E-state index contributed by atoms with van der Waals surface area (Å²) in [5, 5.41) is 3.93. The minimum Gasteiger partial charge on any atom is -0.271 e. The molecule has 0 bridgehead atoms. The highest BCUT2D eigenvalue weighted by Crippen LogP contribution is 1.90. The zero-order valence-electron chi connectivity index (χ0n) is 6.85. The summed E-state index contributed by atoms with van der Waals surface area (Å²) in [6.07, 6.45) is 3.43. The maximum Gasteiger partial charge on any atom is 0.221 e. The number of hydrogen-bond acceptors (Lipinski definition) is 3. The summed E-state index contributed by atoms with van der Waals surface area (Å²) in [6.45, 7) is 0.898. The van der Waals surface area contributed by atoms with Crippen molar-refractivity contribution in [3.63, 3.8) is 0 Å². The molecule has 0 aromatic carbocycles. The Hall–Kier alpha value is -0.400. The quantitative estimate of drug-likeness (QED) is 0.773. The van der Waals surface area contributed by atoms with Crippen molar-refractivity contribution in [1.29, 1.82) is 0 Å². The van der Waals surface area contributed by atoms with Gasteiger partial charge in [0.25, 0.3) is 0 Å². The second kappa shape index (κ2) is 4.73. The fourth-order valence-corrected chi connectivity index (χ4v) is 1.75. The Balaban J connectivity index is 2.30. The zero-order valence-corrected chi connectivity index (χ0v) is 9.25. The Morgan fingerprint density at radius 3 is 2.85 bits per heavy atom. The van der Waals surface area contributed by atoms with Gasteiger partial charge in [-0.25, -0.2) is 13.1 Å². The minimum atomic E-state index is -3.15. The van der Waals surface area contributed by atoms with E-state index in [1.807, 2.05) is 0 Å². The molecular formula is C6H10BrN3O2S. The summed E-state index contributed by atoms with van der Waals surface area (Å²) in [5.41, 5.74) is 0. The first-order valence-electron chi connectivity index (χ1n) is 3.65. The highest BCUT2D eigenvalue weighted by Gasteiger charge is 2.05. The maximum atomic E-state index is 10.9. The molecule has 0 radical (unpaired) electrons. The van der Waals surface area contributed by atoms with Crippen LogP contribution in [0.1, 0.15) is 0 Å². The van der Waals surface area contributed by atoms with Crippen LogP contribution in [-0.4, -0.2) is 29.4 Å². The number of halogens is 1. The molecule has 0 aliphatic rings. The van der Waals surface area contributed by atoms with E-state index in [0.717, 1.165) is 0 Å². The topological polar surface area (TPSA) is 64.0 Å². The number of alkyl halides is 1. The van der Waals surface area contributed by atoms with Gasteiger partial charge in [-0.1, -0.05) is 15.9 Å². The third-order valence-electron chi connectivity index (χ3n) is 1.37. The minimum absolute atomic E-state index is 0.0703. The third-order valence-corrected chi connectivity index (χ3v) is 4.11. The van der Waals surface area contributed by atoms with Crippen LogP contribution in [-0.2, 0) is 16.6 Å². The lowest BCUT2D eigenvalue weighted by atomic mass is 10.6. The molecule has 0 unspecified atom stereocenters. The fourth-order valence-electron chi connectivity index (χ4n) is 0.787. The molecule has 5 nitrogen and oxygen atoms in total. The van der Waals surface area contributed by atoms with E-state index in [0.29, 0.717) is 13.1 Å². The first-order chi connectivity index (χ1) is 6.14. The highest BCUT2D eigenvalue weighted by molar-refractivity contribution is 9.10. The van der Waals surface area contributed by atoms with Gasteiger partial charge in [-0.2, -0.15) is 5.10 Å². The van der Waals surface area contributed by atoms with Crippen molar-refractivity contribution < 1.29 is 8.42 Å². The molecule has 1 rings (SSSR count). The molecule has 0 aliphatic heterocycles. The lowest BCUT2D eigenvalue weighted by molar-refractivity contribution is 0.565. The molecule has 13 heavy (non-hydrogen) atoms. The summed E-state index contributed by atoms with van der Waals surface area (Å²) >= 11 is 2.88. The molecule has 1 aromatic rings. The van der Waals surface area contributed by atoms with E-state index in [2.05, 4.69) is 25.8 Å². The number of nitrogens with one attached hydrogen (secondary N) is 1. The van der Waals surface area contributed by atoms with Crippen LogP contribution < -0.4 is 4.72 Å². The van der Waals surface area contributed by atoms with Gasteiger partial charge < -0.3 is 0 Å². The fraction of sp³-hybridized carbons (Fsp3) is 0.500. The molecule has 0 amide bonds. The van der Waals surface area contributed by atoms with Crippen molar-refractivity contribution in [3.05, 3.63) is 18.5 Å². The van der Waals surface area contributed by atoms with E-state index in [9.17, 15) is 8.42 Å². The Kier molecular flexibility index (Phi) is 3.89. The predicted molar refractivity (Wildman–Crippen MR) is 52.9 cm³/mol. The van der Waals surface area contributed by atoms with Gasteiger partial charge >= 0.3 is 0 Å². The summed E-state index contributed by atoms with van der Waals surface area (Å²) in [6, 6.07) is 1.79. The Bertz CT molecular complexity index is 335. The van der Waals surface area contributed by atoms with Crippen LogP contribution in [0.15, 0.2) is 18.5 Å². The second-order valence-corrected chi connectivity index (χ2v) is 5.50. The monoisotopic (exact) mass is 267 g/mol. The Labute approximate surface area is 85.3 Å². The summed E-state index contributed by atoms with van der Waals surface area (Å²) < 4.78 is 25.9. The SMILES string of the molecule is O=S(=O)(CBr)NCCn1cccn1. The molecule has 74 valence electrons. The van der Waals surface area contributed by atoms with E-state index in [-0.39, 0.29) is 4.66 Å². The van der Waals surface area contributed by atoms with Gasteiger partial charge in [0.15, 0.2) is 0 Å². The van der Waals surface area contributed by atoms with Crippen LogP contribution in [0.5, 0.6) is 0 Å². The second-order valence-electron chi connectivity index (χ2n) is 2.39. The molecule has 0 saturated carbocycles. The van der Waals surface area contributed by atoms with Crippen LogP contribution in [0.25, 0.3) is 0 Å². The van der Waals surface area contributed by atoms with Gasteiger partial charge in [-0.05, 0) is 6.07 Å². The number of hydrogen-bond donors (Lipinski definition) is 1. The predicted octanol–water partition coefficient (Wildman–Crippen LogP) is 0.155. The van der Waals surface area contributed by atoms with Crippen LogP contribution in [0.2, 0.25) is 0 Å². The van der Waals surface area contributed by atoms with E-state index < -0.39 is 10.0 Å². The third kappa shape index (κ3) is 3.88. The zero-order chi connectivity index (χ0) is 9.73. The summed E-state index contributed by atoms with van der Waals surface area (Å²) in [7, 11) is -3.15. The molecule has 7 heteroatoms. The van der Waals surface area contributed by atoms with Crippen molar-refractivity contribution in [2.45, 2.75) is 6.54 Å². The van der Waals surface area contributed by atoms with Gasteiger partial charge in [0, 0.05) is 18.9 Å². The maximum absolute atomic E-state index is 10.9. The van der Waals surface area contributed by atoms with Gasteiger partial charge in [-0.15, -0.1) is 0 Å². The highest BCUT2D eigenvalue weighted by atomic mass is 79.9. The van der Waals surface area contributed by atoms with Crippen LogP contribution in [0.3, 0.4) is 0 Å². The smallest absolute Gasteiger partial charge is 0.221 e. The summed E-state index contributed by atoms with van der Waals surface area (Å²) in [4.78, 5) is 0. The molecule has 1 N–H and O–H groups in total. The number of rotatable bonds is 5. The van der Waals surface area contributed by atoms with Crippen molar-refractivity contribution in [2.24, 2.45) is 0 Å². The molecule has 0 spiro atoms. The van der Waals surface area contributed by atoms with Gasteiger partial charge in [0.05, 0.1) is 6.54 Å². The Morgan fingerprint density at radius 1 is 1.54 bits per heavy atom. The molecule has 0 aliphatic carbocycles.